The Balaban J connectivity index is 2.21. The Morgan fingerprint density at radius 1 is 1.23 bits per heavy atom. The maximum atomic E-state index is 12.7. The summed E-state index contributed by atoms with van der Waals surface area (Å²) < 4.78 is 23.2. The summed E-state index contributed by atoms with van der Waals surface area (Å²) in [6.45, 7) is 4.79. The molecule has 1 aromatic carbocycles. The summed E-state index contributed by atoms with van der Waals surface area (Å²) in [5, 5.41) is 3.02. The van der Waals surface area contributed by atoms with Gasteiger partial charge in [-0.15, -0.1) is 0 Å². The van der Waals surface area contributed by atoms with E-state index >= 15 is 0 Å². The first-order valence-corrected chi connectivity index (χ1v) is 9.55. The molecule has 5 nitrogen and oxygen atoms in total. The Kier molecular flexibility index (Phi) is 5.58. The van der Waals surface area contributed by atoms with Gasteiger partial charge in [0.15, 0.2) is 9.84 Å². The minimum atomic E-state index is -2.96. The highest BCUT2D eigenvalue weighted by atomic mass is 32.2. The highest BCUT2D eigenvalue weighted by Gasteiger charge is 2.32. The molecule has 1 saturated heterocycles. The van der Waals surface area contributed by atoms with Crippen LogP contribution in [0.4, 0.5) is 0 Å². The fraction of sp³-hybridized carbons (Fsp3) is 0.562. The van der Waals surface area contributed by atoms with Crippen LogP contribution in [0.5, 0.6) is 0 Å². The fourth-order valence-corrected chi connectivity index (χ4v) is 3.80. The molecule has 22 heavy (non-hydrogen) atoms. The van der Waals surface area contributed by atoms with Crippen molar-refractivity contribution in [2.24, 2.45) is 0 Å². The third-order valence-corrected chi connectivity index (χ3v) is 5.72. The molecule has 0 aromatic heterocycles. The zero-order chi connectivity index (χ0) is 16.2. The molecule has 0 unspecified atom stereocenters. The predicted octanol–water partition coefficient (Wildman–Crippen LogP) is 1.37. The van der Waals surface area contributed by atoms with Crippen LogP contribution in [-0.4, -0.2) is 49.9 Å². The Morgan fingerprint density at radius 2 is 1.82 bits per heavy atom. The Bertz CT molecular complexity index is 587. The molecule has 6 heteroatoms. The molecule has 2 rings (SSSR count). The van der Waals surface area contributed by atoms with Crippen LogP contribution in [0.3, 0.4) is 0 Å². The van der Waals surface area contributed by atoms with Crippen molar-refractivity contribution in [1.82, 2.24) is 10.2 Å². The molecule has 1 heterocycles. The van der Waals surface area contributed by atoms with Gasteiger partial charge in [0.05, 0.1) is 11.5 Å². The normalized spacial score (nSPS) is 21.0. The summed E-state index contributed by atoms with van der Waals surface area (Å²) in [5.74, 6) is 0.180. The molecule has 1 amide bonds. The van der Waals surface area contributed by atoms with E-state index in [0.29, 0.717) is 13.1 Å². The summed E-state index contributed by atoms with van der Waals surface area (Å²) in [4.78, 5) is 14.6. The SMILES string of the molecule is CC[C@@H](C)NC(=O)[C@@H](c1ccccc1)N1CCS(=O)(=O)CC1. The maximum Gasteiger partial charge on any atom is 0.242 e. The lowest BCUT2D eigenvalue weighted by molar-refractivity contribution is -0.127. The summed E-state index contributed by atoms with van der Waals surface area (Å²) in [7, 11) is -2.96. The lowest BCUT2D eigenvalue weighted by atomic mass is 10.0. The molecule has 0 spiro atoms. The molecule has 0 saturated carbocycles. The van der Waals surface area contributed by atoms with Gasteiger partial charge in [0.1, 0.15) is 6.04 Å². The van der Waals surface area contributed by atoms with Crippen molar-refractivity contribution in [2.45, 2.75) is 32.4 Å². The molecule has 1 aliphatic heterocycles. The molecular weight excluding hydrogens is 300 g/mol. The highest BCUT2D eigenvalue weighted by molar-refractivity contribution is 7.91. The van der Waals surface area contributed by atoms with E-state index < -0.39 is 15.9 Å². The molecule has 0 aliphatic carbocycles. The topological polar surface area (TPSA) is 66.5 Å². The second-order valence-corrected chi connectivity index (χ2v) is 8.12. The van der Waals surface area contributed by atoms with E-state index in [0.717, 1.165) is 12.0 Å². The number of benzene rings is 1. The minimum absolute atomic E-state index is 0.0557. The third kappa shape index (κ3) is 4.30. The molecule has 1 N–H and O–H groups in total. The average Bonchev–Trinajstić information content (AvgIpc) is 2.50. The van der Waals surface area contributed by atoms with Crippen molar-refractivity contribution in [1.29, 1.82) is 0 Å². The minimum Gasteiger partial charge on any atom is -0.352 e. The van der Waals surface area contributed by atoms with Gasteiger partial charge in [-0.1, -0.05) is 37.3 Å². The number of amides is 1. The number of sulfone groups is 1. The van der Waals surface area contributed by atoms with Crippen molar-refractivity contribution in [3.63, 3.8) is 0 Å². The van der Waals surface area contributed by atoms with E-state index in [4.69, 9.17) is 0 Å². The Hall–Kier alpha value is -1.40. The van der Waals surface area contributed by atoms with Gasteiger partial charge in [-0.3, -0.25) is 9.69 Å². The van der Waals surface area contributed by atoms with E-state index in [-0.39, 0.29) is 23.5 Å². The monoisotopic (exact) mass is 324 g/mol. The lowest BCUT2D eigenvalue weighted by Gasteiger charge is -2.34. The molecule has 2 atom stereocenters. The summed E-state index contributed by atoms with van der Waals surface area (Å²) in [5.41, 5.74) is 0.905. The van der Waals surface area contributed by atoms with E-state index in [1.807, 2.05) is 49.1 Å². The number of nitrogens with zero attached hydrogens (tertiary/aromatic N) is 1. The largest absolute Gasteiger partial charge is 0.352 e. The number of rotatable bonds is 5. The van der Waals surface area contributed by atoms with Crippen molar-refractivity contribution in [2.75, 3.05) is 24.6 Å². The van der Waals surface area contributed by atoms with E-state index in [1.54, 1.807) is 0 Å². The van der Waals surface area contributed by atoms with E-state index in [9.17, 15) is 13.2 Å². The van der Waals surface area contributed by atoms with Crippen LogP contribution >= 0.6 is 0 Å². The van der Waals surface area contributed by atoms with Crippen molar-refractivity contribution < 1.29 is 13.2 Å². The molecule has 1 fully saturated rings. The van der Waals surface area contributed by atoms with Crippen LogP contribution in [0.2, 0.25) is 0 Å². The van der Waals surface area contributed by atoms with Crippen LogP contribution in [0, 0.1) is 0 Å². The van der Waals surface area contributed by atoms with Crippen LogP contribution in [0.25, 0.3) is 0 Å². The number of carbonyl (C=O) groups excluding carboxylic acids is 1. The summed E-state index contributed by atoms with van der Waals surface area (Å²) >= 11 is 0. The highest BCUT2D eigenvalue weighted by Crippen LogP contribution is 2.23. The molecule has 1 aliphatic rings. The second kappa shape index (κ2) is 7.24. The van der Waals surface area contributed by atoms with Gasteiger partial charge < -0.3 is 5.32 Å². The van der Waals surface area contributed by atoms with Crippen LogP contribution < -0.4 is 5.32 Å². The zero-order valence-corrected chi connectivity index (χ0v) is 14.0. The summed E-state index contributed by atoms with van der Waals surface area (Å²) in [6, 6.07) is 9.24. The molecule has 122 valence electrons. The van der Waals surface area contributed by atoms with Crippen molar-refractivity contribution in [3.05, 3.63) is 35.9 Å². The van der Waals surface area contributed by atoms with Gasteiger partial charge in [0, 0.05) is 19.1 Å². The average molecular weight is 324 g/mol. The first-order chi connectivity index (χ1) is 10.4. The number of hydrogen-bond donors (Lipinski definition) is 1. The molecule has 0 radical (unpaired) electrons. The quantitative estimate of drug-likeness (QED) is 0.888. The number of carbonyl (C=O) groups is 1. The maximum absolute atomic E-state index is 12.7. The van der Waals surface area contributed by atoms with Gasteiger partial charge in [0.25, 0.3) is 0 Å². The van der Waals surface area contributed by atoms with Gasteiger partial charge in [0.2, 0.25) is 5.91 Å². The smallest absolute Gasteiger partial charge is 0.242 e. The van der Waals surface area contributed by atoms with Crippen molar-refractivity contribution in [3.8, 4) is 0 Å². The van der Waals surface area contributed by atoms with Gasteiger partial charge >= 0.3 is 0 Å². The zero-order valence-electron chi connectivity index (χ0n) is 13.2. The predicted molar refractivity (Wildman–Crippen MR) is 87.3 cm³/mol. The third-order valence-electron chi connectivity index (χ3n) is 4.11. The van der Waals surface area contributed by atoms with E-state index in [2.05, 4.69) is 5.32 Å². The van der Waals surface area contributed by atoms with Gasteiger partial charge in [-0.2, -0.15) is 0 Å². The van der Waals surface area contributed by atoms with Crippen LogP contribution in [-0.2, 0) is 14.6 Å². The Labute approximate surface area is 132 Å². The first-order valence-electron chi connectivity index (χ1n) is 7.72. The first kappa shape index (κ1) is 17.0. The van der Waals surface area contributed by atoms with Gasteiger partial charge in [-0.25, -0.2) is 8.42 Å². The number of hydrogen-bond acceptors (Lipinski definition) is 4. The lowest BCUT2D eigenvalue weighted by Crippen LogP contribution is -2.48. The van der Waals surface area contributed by atoms with E-state index in [1.165, 1.54) is 0 Å². The second-order valence-electron chi connectivity index (χ2n) is 5.82. The van der Waals surface area contributed by atoms with Crippen molar-refractivity contribution >= 4 is 15.7 Å². The standard InChI is InChI=1S/C16H24N2O3S/c1-3-13(2)17-16(19)15(14-7-5-4-6-8-14)18-9-11-22(20,21)12-10-18/h4-8,13,15H,3,9-12H2,1-2H3,(H,17,19)/t13-,15-/m1/s1. The Morgan fingerprint density at radius 3 is 2.36 bits per heavy atom. The molecule has 1 aromatic rings. The van der Waals surface area contributed by atoms with Crippen LogP contribution in [0.15, 0.2) is 30.3 Å². The summed E-state index contributed by atoms with van der Waals surface area (Å²) in [6.07, 6.45) is 0.863. The molecule has 0 bridgehead atoms. The molecular formula is C16H24N2O3S. The fourth-order valence-electron chi connectivity index (χ4n) is 2.57. The van der Waals surface area contributed by atoms with Gasteiger partial charge in [-0.05, 0) is 18.9 Å². The number of nitrogens with one attached hydrogen (secondary N) is 1. The van der Waals surface area contributed by atoms with Crippen LogP contribution in [0.1, 0.15) is 31.9 Å².